The van der Waals surface area contributed by atoms with E-state index in [0.29, 0.717) is 27.8 Å². The van der Waals surface area contributed by atoms with Gasteiger partial charge in [0.15, 0.2) is 0 Å². The van der Waals surface area contributed by atoms with Crippen molar-refractivity contribution in [3.63, 3.8) is 0 Å². The van der Waals surface area contributed by atoms with Crippen LogP contribution in [-0.4, -0.2) is 23.4 Å². The summed E-state index contributed by atoms with van der Waals surface area (Å²) in [5.41, 5.74) is 6.48. The van der Waals surface area contributed by atoms with Crippen LogP contribution in [0.2, 0.25) is 10.0 Å². The van der Waals surface area contributed by atoms with Crippen LogP contribution in [0, 0.1) is 0 Å². The minimum Gasteiger partial charge on any atom is -0.396 e. The molecular weight excluding hydrogens is 295 g/mol. The highest BCUT2D eigenvalue weighted by Crippen LogP contribution is 2.31. The molecule has 1 aliphatic carbocycles. The molecule has 0 atom stereocenters. The van der Waals surface area contributed by atoms with Crippen molar-refractivity contribution in [2.75, 3.05) is 12.3 Å². The highest BCUT2D eigenvalue weighted by Gasteiger charge is 2.27. The maximum Gasteiger partial charge on any atom is 0.254 e. The summed E-state index contributed by atoms with van der Waals surface area (Å²) in [5, 5.41) is 0.622. The van der Waals surface area contributed by atoms with Crippen LogP contribution in [0.4, 0.5) is 5.69 Å². The lowest BCUT2D eigenvalue weighted by Gasteiger charge is -2.28. The van der Waals surface area contributed by atoms with E-state index in [-0.39, 0.29) is 11.9 Å². The Morgan fingerprint density at radius 1 is 1.35 bits per heavy atom. The number of hydrogen-bond donors (Lipinski definition) is 1. The Hall–Kier alpha value is -1.19. The number of amides is 1. The van der Waals surface area contributed by atoms with Crippen molar-refractivity contribution in [1.82, 2.24) is 4.90 Å². The third-order valence-corrected chi connectivity index (χ3v) is 4.30. The second-order valence-electron chi connectivity index (χ2n) is 5.04. The van der Waals surface area contributed by atoms with Gasteiger partial charge in [-0.3, -0.25) is 4.79 Å². The van der Waals surface area contributed by atoms with Gasteiger partial charge in [-0.15, -0.1) is 6.58 Å². The third-order valence-electron chi connectivity index (χ3n) is 3.68. The SMILES string of the molecule is C=CCN(C(=O)c1cc(Cl)c(N)c(Cl)c1)C1CCCC1. The Morgan fingerprint density at radius 2 is 1.90 bits per heavy atom. The summed E-state index contributed by atoms with van der Waals surface area (Å²) >= 11 is 12.0. The molecule has 1 aromatic rings. The lowest BCUT2D eigenvalue weighted by molar-refractivity contribution is 0.0706. The lowest BCUT2D eigenvalue weighted by atomic mass is 10.1. The van der Waals surface area contributed by atoms with E-state index in [9.17, 15) is 4.79 Å². The molecule has 1 aliphatic rings. The van der Waals surface area contributed by atoms with E-state index in [1.54, 1.807) is 18.2 Å². The number of anilines is 1. The van der Waals surface area contributed by atoms with Crippen LogP contribution < -0.4 is 5.73 Å². The predicted octanol–water partition coefficient (Wildman–Crippen LogP) is 4.15. The van der Waals surface area contributed by atoms with Crippen LogP contribution >= 0.6 is 23.2 Å². The molecule has 0 aromatic heterocycles. The van der Waals surface area contributed by atoms with E-state index in [2.05, 4.69) is 6.58 Å². The summed E-state index contributed by atoms with van der Waals surface area (Å²) in [6.45, 7) is 4.26. The molecule has 0 radical (unpaired) electrons. The van der Waals surface area contributed by atoms with Crippen LogP contribution in [0.3, 0.4) is 0 Å². The number of nitrogens with two attached hydrogens (primary N) is 1. The zero-order chi connectivity index (χ0) is 14.7. The Labute approximate surface area is 129 Å². The van der Waals surface area contributed by atoms with Gasteiger partial charge in [0.05, 0.1) is 15.7 Å². The van der Waals surface area contributed by atoms with Crippen LogP contribution in [-0.2, 0) is 0 Å². The van der Waals surface area contributed by atoms with Gasteiger partial charge in [0.1, 0.15) is 0 Å². The quantitative estimate of drug-likeness (QED) is 0.670. The molecule has 1 saturated carbocycles. The second kappa shape index (κ2) is 6.51. The van der Waals surface area contributed by atoms with Crippen LogP contribution in [0.1, 0.15) is 36.0 Å². The second-order valence-corrected chi connectivity index (χ2v) is 5.85. The van der Waals surface area contributed by atoms with Gasteiger partial charge < -0.3 is 10.6 Å². The first-order valence-corrected chi connectivity index (χ1v) is 7.46. The van der Waals surface area contributed by atoms with Crippen molar-refractivity contribution in [3.05, 3.63) is 40.4 Å². The molecule has 2 N–H and O–H groups in total. The van der Waals surface area contributed by atoms with E-state index < -0.39 is 0 Å². The molecule has 0 aliphatic heterocycles. The lowest BCUT2D eigenvalue weighted by Crippen LogP contribution is -2.39. The molecule has 3 nitrogen and oxygen atoms in total. The van der Waals surface area contributed by atoms with Gasteiger partial charge in [0.25, 0.3) is 5.91 Å². The summed E-state index contributed by atoms with van der Waals surface area (Å²) in [6, 6.07) is 3.43. The first-order valence-electron chi connectivity index (χ1n) is 6.71. The van der Waals surface area contributed by atoms with E-state index in [4.69, 9.17) is 28.9 Å². The molecular formula is C15H18Cl2N2O. The molecule has 0 bridgehead atoms. The fourth-order valence-corrected chi connectivity index (χ4v) is 3.11. The summed E-state index contributed by atoms with van der Waals surface area (Å²) < 4.78 is 0. The molecule has 0 unspecified atom stereocenters. The average molecular weight is 313 g/mol. The first-order chi connectivity index (χ1) is 9.54. The van der Waals surface area contributed by atoms with Crippen LogP contribution in [0.15, 0.2) is 24.8 Å². The molecule has 20 heavy (non-hydrogen) atoms. The number of carbonyl (C=O) groups is 1. The summed E-state index contributed by atoms with van der Waals surface area (Å²) in [7, 11) is 0. The van der Waals surface area contributed by atoms with Gasteiger partial charge in [0, 0.05) is 18.2 Å². The zero-order valence-electron chi connectivity index (χ0n) is 11.2. The van der Waals surface area contributed by atoms with Crippen molar-refractivity contribution in [2.45, 2.75) is 31.7 Å². The molecule has 0 saturated heterocycles. The Bertz CT molecular complexity index is 502. The largest absolute Gasteiger partial charge is 0.396 e. The molecule has 2 rings (SSSR count). The van der Waals surface area contributed by atoms with Crippen molar-refractivity contribution in [1.29, 1.82) is 0 Å². The van der Waals surface area contributed by atoms with Gasteiger partial charge in [0.2, 0.25) is 0 Å². The predicted molar refractivity (Wildman–Crippen MR) is 84.4 cm³/mol. The number of nitrogens with zero attached hydrogens (tertiary/aromatic N) is 1. The number of rotatable bonds is 4. The fourth-order valence-electron chi connectivity index (χ4n) is 2.63. The Kier molecular flexibility index (Phi) is 4.95. The van der Waals surface area contributed by atoms with Crippen molar-refractivity contribution < 1.29 is 4.79 Å². The van der Waals surface area contributed by atoms with Crippen LogP contribution in [0.25, 0.3) is 0 Å². The molecule has 1 fully saturated rings. The number of halogens is 2. The number of hydrogen-bond acceptors (Lipinski definition) is 2. The highest BCUT2D eigenvalue weighted by atomic mass is 35.5. The molecule has 1 amide bonds. The van der Waals surface area contributed by atoms with Crippen LogP contribution in [0.5, 0.6) is 0 Å². The third kappa shape index (κ3) is 3.10. The molecule has 0 spiro atoms. The maximum atomic E-state index is 12.7. The average Bonchev–Trinajstić information content (AvgIpc) is 2.94. The van der Waals surface area contributed by atoms with Crippen molar-refractivity contribution >= 4 is 34.8 Å². The standard InChI is InChI=1S/C15H18Cl2N2O/c1-2-7-19(11-5-3-4-6-11)15(20)10-8-12(16)14(18)13(17)9-10/h2,8-9,11H,1,3-7,18H2. The molecule has 5 heteroatoms. The van der Waals surface area contributed by atoms with Gasteiger partial charge in [-0.25, -0.2) is 0 Å². The van der Waals surface area contributed by atoms with E-state index in [0.717, 1.165) is 25.7 Å². The van der Waals surface area contributed by atoms with E-state index >= 15 is 0 Å². The molecule has 1 aromatic carbocycles. The van der Waals surface area contributed by atoms with E-state index in [1.165, 1.54) is 0 Å². The summed E-state index contributed by atoms with van der Waals surface area (Å²) in [6.07, 6.45) is 6.15. The maximum absolute atomic E-state index is 12.7. The van der Waals surface area contributed by atoms with Crippen molar-refractivity contribution in [3.8, 4) is 0 Å². The Balaban J connectivity index is 2.29. The zero-order valence-corrected chi connectivity index (χ0v) is 12.8. The Morgan fingerprint density at radius 3 is 2.40 bits per heavy atom. The smallest absolute Gasteiger partial charge is 0.254 e. The molecule has 0 heterocycles. The van der Waals surface area contributed by atoms with E-state index in [1.807, 2.05) is 4.90 Å². The van der Waals surface area contributed by atoms with Gasteiger partial charge >= 0.3 is 0 Å². The minimum atomic E-state index is -0.0689. The summed E-state index contributed by atoms with van der Waals surface area (Å²) in [5.74, 6) is -0.0689. The number of nitrogen functional groups attached to an aromatic ring is 1. The van der Waals surface area contributed by atoms with Crippen molar-refractivity contribution in [2.24, 2.45) is 0 Å². The highest BCUT2D eigenvalue weighted by molar-refractivity contribution is 6.39. The van der Waals surface area contributed by atoms with Gasteiger partial charge in [-0.05, 0) is 25.0 Å². The van der Waals surface area contributed by atoms with Gasteiger partial charge in [-0.1, -0.05) is 42.1 Å². The van der Waals surface area contributed by atoms with Gasteiger partial charge in [-0.2, -0.15) is 0 Å². The normalized spacial score (nSPS) is 15.3. The molecule has 108 valence electrons. The monoisotopic (exact) mass is 312 g/mol. The first kappa shape index (κ1) is 15.2. The summed E-state index contributed by atoms with van der Waals surface area (Å²) in [4.78, 5) is 14.5. The number of carbonyl (C=O) groups excluding carboxylic acids is 1. The number of benzene rings is 1. The fraction of sp³-hybridized carbons (Fsp3) is 0.400. The topological polar surface area (TPSA) is 46.3 Å². The minimum absolute atomic E-state index is 0.0689.